The quantitative estimate of drug-likeness (QED) is 0.646. The maximum atomic E-state index is 4.38. The van der Waals surface area contributed by atoms with Crippen molar-refractivity contribution in [3.05, 3.63) is 35.9 Å². The molecule has 2 rings (SSSR count). The lowest BCUT2D eigenvalue weighted by molar-refractivity contribution is 0.358. The molecular formula is C18H29N3S. The van der Waals surface area contributed by atoms with Crippen LogP contribution in [0.3, 0.4) is 0 Å². The molecule has 0 aliphatic carbocycles. The van der Waals surface area contributed by atoms with Gasteiger partial charge >= 0.3 is 0 Å². The van der Waals surface area contributed by atoms with Crippen LogP contribution >= 0.6 is 11.8 Å². The molecule has 2 N–H and O–H groups in total. The lowest BCUT2D eigenvalue weighted by atomic mass is 9.86. The molecule has 0 aromatic heterocycles. The number of aliphatic imine (C=N–C) groups is 1. The van der Waals surface area contributed by atoms with Gasteiger partial charge in [-0.3, -0.25) is 4.99 Å². The molecule has 0 spiro atoms. The highest BCUT2D eigenvalue weighted by atomic mass is 32.2. The van der Waals surface area contributed by atoms with E-state index in [1.807, 2.05) is 18.8 Å². The predicted octanol–water partition coefficient (Wildman–Crippen LogP) is 3.32. The number of hydrogen-bond acceptors (Lipinski definition) is 2. The van der Waals surface area contributed by atoms with Gasteiger partial charge in [-0.1, -0.05) is 44.2 Å². The number of hydrogen-bond donors (Lipinski definition) is 2. The van der Waals surface area contributed by atoms with Crippen LogP contribution in [0.25, 0.3) is 0 Å². The Kier molecular flexibility index (Phi) is 6.62. The summed E-state index contributed by atoms with van der Waals surface area (Å²) in [7, 11) is 1.86. The van der Waals surface area contributed by atoms with Gasteiger partial charge in [0, 0.05) is 25.4 Å². The van der Waals surface area contributed by atoms with Gasteiger partial charge in [-0.25, -0.2) is 0 Å². The van der Waals surface area contributed by atoms with E-state index in [0.717, 1.165) is 18.9 Å². The third kappa shape index (κ3) is 5.91. The minimum atomic E-state index is 0.195. The van der Waals surface area contributed by atoms with Crippen molar-refractivity contribution in [2.24, 2.45) is 10.4 Å². The van der Waals surface area contributed by atoms with E-state index in [1.165, 1.54) is 29.9 Å². The number of nitrogens with zero attached hydrogens (tertiary/aromatic N) is 1. The van der Waals surface area contributed by atoms with Gasteiger partial charge in [0.15, 0.2) is 5.96 Å². The second-order valence-corrected chi connectivity index (χ2v) is 7.96. The molecule has 22 heavy (non-hydrogen) atoms. The molecule has 3 nitrogen and oxygen atoms in total. The summed E-state index contributed by atoms with van der Waals surface area (Å²) in [6.45, 7) is 5.52. The van der Waals surface area contributed by atoms with Gasteiger partial charge in [0.1, 0.15) is 0 Å². The van der Waals surface area contributed by atoms with Crippen LogP contribution in [0.15, 0.2) is 35.3 Å². The summed E-state index contributed by atoms with van der Waals surface area (Å²) in [5.74, 6) is 3.43. The Morgan fingerprint density at radius 1 is 1.32 bits per heavy atom. The zero-order chi connectivity index (χ0) is 15.8. The summed E-state index contributed by atoms with van der Waals surface area (Å²) in [6.07, 6.45) is 3.62. The highest BCUT2D eigenvalue weighted by Crippen LogP contribution is 2.21. The number of thioether (sulfide) groups is 1. The van der Waals surface area contributed by atoms with Crippen LogP contribution < -0.4 is 10.6 Å². The van der Waals surface area contributed by atoms with Gasteiger partial charge in [0.2, 0.25) is 0 Å². The van der Waals surface area contributed by atoms with Crippen molar-refractivity contribution in [2.75, 3.05) is 25.1 Å². The van der Waals surface area contributed by atoms with Gasteiger partial charge in [-0.05, 0) is 36.0 Å². The number of guanidine groups is 1. The van der Waals surface area contributed by atoms with Crippen molar-refractivity contribution >= 4 is 17.7 Å². The summed E-state index contributed by atoms with van der Waals surface area (Å²) in [5, 5.41) is 7.07. The molecule has 1 aromatic rings. The predicted molar refractivity (Wildman–Crippen MR) is 98.8 cm³/mol. The highest BCUT2D eigenvalue weighted by molar-refractivity contribution is 7.99. The number of benzene rings is 1. The first-order chi connectivity index (χ1) is 10.6. The monoisotopic (exact) mass is 319 g/mol. The summed E-state index contributed by atoms with van der Waals surface area (Å²) >= 11 is 2.04. The second-order valence-electron chi connectivity index (χ2n) is 6.81. The number of nitrogens with one attached hydrogen (secondary N) is 2. The second kappa shape index (κ2) is 8.47. The van der Waals surface area contributed by atoms with Crippen molar-refractivity contribution in [1.29, 1.82) is 0 Å². The van der Waals surface area contributed by atoms with Gasteiger partial charge < -0.3 is 10.6 Å². The minimum Gasteiger partial charge on any atom is -0.356 e. The highest BCUT2D eigenvalue weighted by Gasteiger charge is 2.20. The van der Waals surface area contributed by atoms with Crippen LogP contribution in [0.2, 0.25) is 0 Å². The molecule has 0 bridgehead atoms. The lowest BCUT2D eigenvalue weighted by Gasteiger charge is -2.29. The largest absolute Gasteiger partial charge is 0.356 e. The van der Waals surface area contributed by atoms with Gasteiger partial charge in [0.05, 0.1) is 0 Å². The standard InChI is InChI=1S/C18H29N3S/c1-18(2,12-15-8-5-4-6-9-15)14-20-17(19-3)21-16-10-7-11-22-13-16/h4-6,8-9,16H,7,10-14H2,1-3H3,(H2,19,20,21). The molecule has 0 amide bonds. The molecule has 4 heteroatoms. The average Bonchev–Trinajstić information content (AvgIpc) is 2.53. The molecule has 1 aliphatic heterocycles. The first-order valence-corrected chi connectivity index (χ1v) is 9.33. The van der Waals surface area contributed by atoms with E-state index in [4.69, 9.17) is 0 Å². The van der Waals surface area contributed by atoms with Crippen LogP contribution in [0.4, 0.5) is 0 Å². The molecule has 1 aromatic carbocycles. The molecule has 1 saturated heterocycles. The molecule has 0 radical (unpaired) electrons. The van der Waals surface area contributed by atoms with Crippen LogP contribution in [-0.4, -0.2) is 37.1 Å². The van der Waals surface area contributed by atoms with E-state index in [0.29, 0.717) is 6.04 Å². The maximum Gasteiger partial charge on any atom is 0.191 e. The van der Waals surface area contributed by atoms with Crippen molar-refractivity contribution in [3.8, 4) is 0 Å². The molecule has 0 saturated carbocycles. The van der Waals surface area contributed by atoms with Crippen LogP contribution in [-0.2, 0) is 6.42 Å². The zero-order valence-corrected chi connectivity index (χ0v) is 14.9. The van der Waals surface area contributed by atoms with E-state index in [-0.39, 0.29) is 5.41 Å². The van der Waals surface area contributed by atoms with Crippen molar-refractivity contribution in [3.63, 3.8) is 0 Å². The van der Waals surface area contributed by atoms with Crippen LogP contribution in [0.5, 0.6) is 0 Å². The van der Waals surface area contributed by atoms with Gasteiger partial charge in [-0.15, -0.1) is 0 Å². The van der Waals surface area contributed by atoms with E-state index < -0.39 is 0 Å². The van der Waals surface area contributed by atoms with Crippen molar-refractivity contribution in [2.45, 2.75) is 39.2 Å². The third-order valence-corrected chi connectivity index (χ3v) is 5.20. The molecule has 122 valence electrons. The summed E-state index contributed by atoms with van der Waals surface area (Å²) in [6, 6.07) is 11.3. The lowest BCUT2D eigenvalue weighted by Crippen LogP contribution is -2.48. The van der Waals surface area contributed by atoms with Crippen molar-refractivity contribution in [1.82, 2.24) is 10.6 Å². The third-order valence-electron chi connectivity index (χ3n) is 3.98. The zero-order valence-electron chi connectivity index (χ0n) is 14.1. The fourth-order valence-electron chi connectivity index (χ4n) is 2.78. The Morgan fingerprint density at radius 3 is 2.73 bits per heavy atom. The van der Waals surface area contributed by atoms with Crippen LogP contribution in [0.1, 0.15) is 32.3 Å². The minimum absolute atomic E-state index is 0.195. The Hall–Kier alpha value is -1.16. The summed E-state index contributed by atoms with van der Waals surface area (Å²) in [5.41, 5.74) is 1.58. The van der Waals surface area contributed by atoms with E-state index in [9.17, 15) is 0 Å². The Labute approximate surface area is 139 Å². The first-order valence-electron chi connectivity index (χ1n) is 8.18. The average molecular weight is 320 g/mol. The molecule has 1 fully saturated rings. The van der Waals surface area contributed by atoms with E-state index in [2.05, 4.69) is 59.8 Å². The van der Waals surface area contributed by atoms with E-state index in [1.54, 1.807) is 0 Å². The van der Waals surface area contributed by atoms with Gasteiger partial charge in [-0.2, -0.15) is 11.8 Å². The topological polar surface area (TPSA) is 36.4 Å². The summed E-state index contributed by atoms with van der Waals surface area (Å²) in [4.78, 5) is 4.38. The van der Waals surface area contributed by atoms with Gasteiger partial charge in [0.25, 0.3) is 0 Å². The van der Waals surface area contributed by atoms with E-state index >= 15 is 0 Å². The number of rotatable bonds is 5. The fraction of sp³-hybridized carbons (Fsp3) is 0.611. The molecule has 1 atom stereocenters. The Morgan fingerprint density at radius 2 is 2.09 bits per heavy atom. The molecule has 1 heterocycles. The first kappa shape index (κ1) is 17.2. The normalized spacial score (nSPS) is 19.8. The Bertz CT molecular complexity index is 464. The molecule has 1 unspecified atom stereocenters. The van der Waals surface area contributed by atoms with Crippen LogP contribution in [0, 0.1) is 5.41 Å². The maximum absolute atomic E-state index is 4.38. The fourth-order valence-corrected chi connectivity index (χ4v) is 3.85. The Balaban J connectivity index is 1.81. The molecule has 1 aliphatic rings. The van der Waals surface area contributed by atoms with Crippen molar-refractivity contribution < 1.29 is 0 Å². The smallest absolute Gasteiger partial charge is 0.191 e. The SMILES string of the molecule is CN=C(NCC(C)(C)Cc1ccccc1)NC1CCCSC1. The molecular weight excluding hydrogens is 290 g/mol. The summed E-state index contributed by atoms with van der Waals surface area (Å²) < 4.78 is 0.